The van der Waals surface area contributed by atoms with Crippen molar-refractivity contribution in [3.8, 4) is 6.07 Å². The Hall–Kier alpha value is -2.94. The molecule has 0 unspecified atom stereocenters. The van der Waals surface area contributed by atoms with Gasteiger partial charge in [0.15, 0.2) is 0 Å². The van der Waals surface area contributed by atoms with Crippen molar-refractivity contribution in [2.24, 2.45) is 5.92 Å². The Morgan fingerprint density at radius 1 is 1.21 bits per heavy atom. The van der Waals surface area contributed by atoms with E-state index < -0.39 is 0 Å². The van der Waals surface area contributed by atoms with Crippen LogP contribution in [0.25, 0.3) is 0 Å². The van der Waals surface area contributed by atoms with Gasteiger partial charge in [-0.2, -0.15) is 5.26 Å². The van der Waals surface area contributed by atoms with E-state index in [9.17, 15) is 4.79 Å². The molecule has 0 bridgehead atoms. The Labute approximate surface area is 141 Å². The third-order valence-corrected chi connectivity index (χ3v) is 4.24. The highest BCUT2D eigenvalue weighted by atomic mass is 16.2. The molecule has 1 saturated heterocycles. The first kappa shape index (κ1) is 15.9. The number of piperidine rings is 1. The van der Waals surface area contributed by atoms with Crippen LogP contribution in [-0.4, -0.2) is 33.9 Å². The average Bonchev–Trinajstić information content (AvgIpc) is 2.63. The molecule has 1 aromatic carbocycles. The number of benzene rings is 1. The fourth-order valence-corrected chi connectivity index (χ4v) is 2.65. The van der Waals surface area contributed by atoms with Gasteiger partial charge in [0.25, 0.3) is 5.91 Å². The highest BCUT2D eigenvalue weighted by molar-refractivity contribution is 5.93. The highest BCUT2D eigenvalue weighted by Gasteiger charge is 2.21. The molecule has 0 saturated carbocycles. The van der Waals surface area contributed by atoms with E-state index in [1.807, 2.05) is 4.90 Å². The second kappa shape index (κ2) is 7.09. The monoisotopic (exact) mass is 321 g/mol. The molecule has 1 fully saturated rings. The van der Waals surface area contributed by atoms with Gasteiger partial charge < -0.3 is 10.2 Å². The van der Waals surface area contributed by atoms with Crippen molar-refractivity contribution in [3.63, 3.8) is 0 Å². The summed E-state index contributed by atoms with van der Waals surface area (Å²) >= 11 is 0. The molecular formula is C18H19N5O. The van der Waals surface area contributed by atoms with Gasteiger partial charge in [-0.1, -0.05) is 6.92 Å². The molecule has 2 heterocycles. The van der Waals surface area contributed by atoms with Gasteiger partial charge in [0.2, 0.25) is 5.95 Å². The second-order valence-corrected chi connectivity index (χ2v) is 6.08. The van der Waals surface area contributed by atoms with Crippen LogP contribution in [-0.2, 0) is 0 Å². The number of nitrogens with one attached hydrogen (secondary N) is 1. The molecule has 2 aromatic rings. The molecule has 0 spiro atoms. The van der Waals surface area contributed by atoms with Crippen LogP contribution in [0.5, 0.6) is 0 Å². The van der Waals surface area contributed by atoms with Crippen LogP contribution in [0.15, 0.2) is 36.7 Å². The molecule has 6 nitrogen and oxygen atoms in total. The number of hydrogen-bond donors (Lipinski definition) is 1. The number of anilines is 2. The third-order valence-electron chi connectivity index (χ3n) is 4.24. The normalized spacial score (nSPS) is 14.9. The Kier molecular flexibility index (Phi) is 4.71. The van der Waals surface area contributed by atoms with Crippen molar-refractivity contribution >= 4 is 17.5 Å². The number of aromatic nitrogens is 2. The van der Waals surface area contributed by atoms with Crippen LogP contribution in [0, 0.1) is 17.2 Å². The molecule has 0 atom stereocenters. The van der Waals surface area contributed by atoms with E-state index in [2.05, 4.69) is 28.3 Å². The molecule has 1 aromatic heterocycles. The van der Waals surface area contributed by atoms with E-state index in [0.29, 0.717) is 23.0 Å². The zero-order chi connectivity index (χ0) is 16.9. The minimum absolute atomic E-state index is 0.00757. The SMILES string of the molecule is CC1CCN(C(=O)c2cnc(Nc3ccc(C#N)cc3)nc2)CC1. The van der Waals surface area contributed by atoms with E-state index in [1.165, 1.54) is 0 Å². The quantitative estimate of drug-likeness (QED) is 0.940. The fraction of sp³-hybridized carbons (Fsp3) is 0.333. The van der Waals surface area contributed by atoms with Gasteiger partial charge in [-0.15, -0.1) is 0 Å². The lowest BCUT2D eigenvalue weighted by Crippen LogP contribution is -2.38. The highest BCUT2D eigenvalue weighted by Crippen LogP contribution is 2.18. The van der Waals surface area contributed by atoms with Crippen LogP contribution >= 0.6 is 0 Å². The molecule has 122 valence electrons. The second-order valence-electron chi connectivity index (χ2n) is 6.08. The van der Waals surface area contributed by atoms with Crippen molar-refractivity contribution in [2.45, 2.75) is 19.8 Å². The summed E-state index contributed by atoms with van der Waals surface area (Å²) in [6, 6.07) is 9.09. The molecule has 24 heavy (non-hydrogen) atoms. The lowest BCUT2D eigenvalue weighted by Gasteiger charge is -2.30. The van der Waals surface area contributed by atoms with Crippen LogP contribution in [0.4, 0.5) is 11.6 Å². The summed E-state index contributed by atoms with van der Waals surface area (Å²) in [5, 5.41) is 11.8. The van der Waals surface area contributed by atoms with Crippen molar-refractivity contribution < 1.29 is 4.79 Å². The van der Waals surface area contributed by atoms with Crippen molar-refractivity contribution in [1.29, 1.82) is 5.26 Å². The maximum atomic E-state index is 12.4. The van der Waals surface area contributed by atoms with Gasteiger partial charge in [-0.05, 0) is 43.0 Å². The van der Waals surface area contributed by atoms with E-state index in [1.54, 1.807) is 36.7 Å². The summed E-state index contributed by atoms with van der Waals surface area (Å²) in [4.78, 5) is 22.7. The average molecular weight is 321 g/mol. The van der Waals surface area contributed by atoms with Crippen LogP contribution in [0.2, 0.25) is 0 Å². The molecule has 1 amide bonds. The Morgan fingerprint density at radius 2 is 1.83 bits per heavy atom. The minimum Gasteiger partial charge on any atom is -0.339 e. The third kappa shape index (κ3) is 3.69. The van der Waals surface area contributed by atoms with E-state index in [0.717, 1.165) is 31.6 Å². The van der Waals surface area contributed by atoms with Crippen molar-refractivity contribution in [2.75, 3.05) is 18.4 Å². The summed E-state index contributed by atoms with van der Waals surface area (Å²) in [6.45, 7) is 3.81. The first-order valence-corrected chi connectivity index (χ1v) is 8.04. The molecule has 0 radical (unpaired) electrons. The molecular weight excluding hydrogens is 302 g/mol. The molecule has 0 aliphatic carbocycles. The Balaban J connectivity index is 1.64. The first-order chi connectivity index (χ1) is 11.7. The largest absolute Gasteiger partial charge is 0.339 e. The van der Waals surface area contributed by atoms with Gasteiger partial charge in [0, 0.05) is 31.2 Å². The summed E-state index contributed by atoms with van der Waals surface area (Å²) in [7, 11) is 0. The number of likely N-dealkylation sites (tertiary alicyclic amines) is 1. The van der Waals surface area contributed by atoms with Crippen molar-refractivity contribution in [1.82, 2.24) is 14.9 Å². The predicted octanol–water partition coefficient (Wildman–Crippen LogP) is 2.96. The van der Waals surface area contributed by atoms with Gasteiger partial charge >= 0.3 is 0 Å². The topological polar surface area (TPSA) is 81.9 Å². The maximum absolute atomic E-state index is 12.4. The lowest BCUT2D eigenvalue weighted by molar-refractivity contribution is 0.0696. The fourth-order valence-electron chi connectivity index (χ4n) is 2.65. The summed E-state index contributed by atoms with van der Waals surface area (Å²) in [5.74, 6) is 1.10. The summed E-state index contributed by atoms with van der Waals surface area (Å²) in [5.41, 5.74) is 1.89. The van der Waals surface area contributed by atoms with Gasteiger partial charge in [0.05, 0.1) is 17.2 Å². The van der Waals surface area contributed by atoms with Crippen LogP contribution in [0.3, 0.4) is 0 Å². The van der Waals surface area contributed by atoms with Gasteiger partial charge in [-0.25, -0.2) is 9.97 Å². The van der Waals surface area contributed by atoms with Crippen LogP contribution < -0.4 is 5.32 Å². The number of hydrogen-bond acceptors (Lipinski definition) is 5. The number of rotatable bonds is 3. The Morgan fingerprint density at radius 3 is 2.42 bits per heavy atom. The molecule has 6 heteroatoms. The molecule has 1 N–H and O–H groups in total. The number of amides is 1. The molecule has 1 aliphatic rings. The zero-order valence-electron chi connectivity index (χ0n) is 13.6. The molecule has 1 aliphatic heterocycles. The van der Waals surface area contributed by atoms with E-state index >= 15 is 0 Å². The van der Waals surface area contributed by atoms with Crippen molar-refractivity contribution in [3.05, 3.63) is 47.8 Å². The van der Waals surface area contributed by atoms with E-state index in [-0.39, 0.29) is 5.91 Å². The van der Waals surface area contributed by atoms with Crippen LogP contribution in [0.1, 0.15) is 35.7 Å². The maximum Gasteiger partial charge on any atom is 0.256 e. The minimum atomic E-state index is -0.00757. The number of carbonyl (C=O) groups excluding carboxylic acids is 1. The first-order valence-electron chi connectivity index (χ1n) is 8.04. The predicted molar refractivity (Wildman–Crippen MR) is 90.8 cm³/mol. The lowest BCUT2D eigenvalue weighted by atomic mass is 9.99. The molecule has 3 rings (SSSR count). The van der Waals surface area contributed by atoms with Gasteiger partial charge in [0.1, 0.15) is 0 Å². The summed E-state index contributed by atoms with van der Waals surface area (Å²) in [6.07, 6.45) is 5.20. The zero-order valence-corrected chi connectivity index (χ0v) is 13.6. The van der Waals surface area contributed by atoms with Gasteiger partial charge in [-0.3, -0.25) is 4.79 Å². The Bertz CT molecular complexity index is 740. The van der Waals surface area contributed by atoms with E-state index in [4.69, 9.17) is 5.26 Å². The number of nitriles is 1. The number of carbonyl (C=O) groups is 1. The number of nitrogens with zero attached hydrogens (tertiary/aromatic N) is 4. The standard InChI is InChI=1S/C18H19N5O/c1-13-6-8-23(9-7-13)17(24)15-11-20-18(21-12-15)22-16-4-2-14(10-19)3-5-16/h2-5,11-13H,6-9H2,1H3,(H,20,21,22). The smallest absolute Gasteiger partial charge is 0.256 e. The summed E-state index contributed by atoms with van der Waals surface area (Å²) < 4.78 is 0.